The Morgan fingerprint density at radius 1 is 1.20 bits per heavy atom. The Labute approximate surface area is 157 Å². The number of ether oxygens (including phenoxy) is 1. The summed E-state index contributed by atoms with van der Waals surface area (Å²) in [6, 6.07) is 8.90. The Bertz CT molecular complexity index is 802. The maximum atomic E-state index is 13.2. The normalized spacial score (nSPS) is 15.8. The average Bonchev–Trinajstić information content (AvgIpc) is 3.07. The first-order valence-corrected chi connectivity index (χ1v) is 9.00. The van der Waals surface area contributed by atoms with E-state index < -0.39 is 5.41 Å². The molecule has 132 valence electrons. The fraction of sp³-hybridized carbons (Fsp3) is 0.368. The van der Waals surface area contributed by atoms with Crippen molar-refractivity contribution in [2.45, 2.75) is 38.0 Å². The van der Waals surface area contributed by atoms with Crippen LogP contribution in [0.15, 0.2) is 30.3 Å². The minimum Gasteiger partial charge on any atom is -0.481 e. The molecule has 1 amide bonds. The van der Waals surface area contributed by atoms with E-state index in [1.807, 2.05) is 19.1 Å². The quantitative estimate of drug-likeness (QED) is 0.799. The summed E-state index contributed by atoms with van der Waals surface area (Å²) in [7, 11) is 1.57. The average molecular weight is 379 g/mol. The van der Waals surface area contributed by atoms with Gasteiger partial charge in [0, 0.05) is 16.1 Å². The van der Waals surface area contributed by atoms with Crippen LogP contribution in [0.3, 0.4) is 0 Å². The minimum absolute atomic E-state index is 0.0516. The van der Waals surface area contributed by atoms with Crippen LogP contribution in [0.25, 0.3) is 0 Å². The number of nitrogens with zero attached hydrogens (tertiary/aromatic N) is 1. The van der Waals surface area contributed by atoms with Crippen LogP contribution in [0.5, 0.6) is 5.88 Å². The van der Waals surface area contributed by atoms with Gasteiger partial charge >= 0.3 is 0 Å². The number of anilines is 1. The van der Waals surface area contributed by atoms with Gasteiger partial charge in [-0.05, 0) is 43.5 Å². The fourth-order valence-electron chi connectivity index (χ4n) is 3.50. The summed E-state index contributed by atoms with van der Waals surface area (Å²) in [5, 5.41) is 4.14. The molecule has 1 fully saturated rings. The number of carbonyl (C=O) groups is 1. The van der Waals surface area contributed by atoms with E-state index in [-0.39, 0.29) is 5.91 Å². The van der Waals surface area contributed by atoms with E-state index in [2.05, 4.69) is 10.3 Å². The van der Waals surface area contributed by atoms with E-state index in [4.69, 9.17) is 27.9 Å². The number of carbonyl (C=O) groups excluding carboxylic acids is 1. The van der Waals surface area contributed by atoms with Gasteiger partial charge < -0.3 is 10.1 Å². The zero-order valence-corrected chi connectivity index (χ0v) is 15.7. The highest BCUT2D eigenvalue weighted by Gasteiger charge is 2.44. The number of amides is 1. The van der Waals surface area contributed by atoms with E-state index in [1.165, 1.54) is 0 Å². The Morgan fingerprint density at radius 2 is 1.92 bits per heavy atom. The van der Waals surface area contributed by atoms with E-state index in [0.717, 1.165) is 31.2 Å². The number of aryl methyl sites for hydroxylation is 1. The molecule has 4 nitrogen and oxygen atoms in total. The second-order valence-electron chi connectivity index (χ2n) is 6.35. The molecule has 0 radical (unpaired) electrons. The lowest BCUT2D eigenvalue weighted by molar-refractivity contribution is -0.121. The molecule has 6 heteroatoms. The summed E-state index contributed by atoms with van der Waals surface area (Å²) in [6.07, 6.45) is 3.52. The predicted octanol–water partition coefficient (Wildman–Crippen LogP) is 5.16. The number of rotatable bonds is 4. The zero-order valence-electron chi connectivity index (χ0n) is 14.2. The number of hydrogen-bond acceptors (Lipinski definition) is 3. The van der Waals surface area contributed by atoms with Crippen LogP contribution in [-0.2, 0) is 10.2 Å². The van der Waals surface area contributed by atoms with Gasteiger partial charge in [-0.1, -0.05) is 42.1 Å². The van der Waals surface area contributed by atoms with Crippen molar-refractivity contribution in [2.75, 3.05) is 12.4 Å². The van der Waals surface area contributed by atoms with Gasteiger partial charge in [0.15, 0.2) is 0 Å². The Morgan fingerprint density at radius 3 is 2.52 bits per heavy atom. The molecule has 2 aromatic rings. The molecule has 0 atom stereocenters. The lowest BCUT2D eigenvalue weighted by Crippen LogP contribution is -2.38. The van der Waals surface area contributed by atoms with Gasteiger partial charge in [-0.2, -0.15) is 0 Å². The van der Waals surface area contributed by atoms with Crippen molar-refractivity contribution >= 4 is 34.8 Å². The molecule has 0 spiro atoms. The van der Waals surface area contributed by atoms with Crippen molar-refractivity contribution in [2.24, 2.45) is 0 Å². The lowest BCUT2D eigenvalue weighted by atomic mass is 9.78. The standard InChI is InChI=1S/C19H20Cl2N2O2/c1-12-16(7-8-17(22-12)25-2)23-18(24)19(9-3-4-10-19)14-6-5-13(20)11-15(14)21/h5-8,11H,3-4,9-10H2,1-2H3,(H,23,24). The Balaban J connectivity index is 1.94. The number of aromatic nitrogens is 1. The second-order valence-corrected chi connectivity index (χ2v) is 7.20. The first kappa shape index (κ1) is 18.0. The van der Waals surface area contributed by atoms with Gasteiger partial charge in [0.1, 0.15) is 0 Å². The van der Waals surface area contributed by atoms with Gasteiger partial charge in [0.25, 0.3) is 0 Å². The molecule has 1 heterocycles. The molecule has 1 saturated carbocycles. The maximum absolute atomic E-state index is 13.2. The first-order chi connectivity index (χ1) is 12.0. The molecule has 0 saturated heterocycles. The van der Waals surface area contributed by atoms with Gasteiger partial charge in [-0.15, -0.1) is 0 Å². The third-order valence-electron chi connectivity index (χ3n) is 4.86. The highest BCUT2D eigenvalue weighted by atomic mass is 35.5. The fourth-order valence-corrected chi connectivity index (χ4v) is 4.09. The third-order valence-corrected chi connectivity index (χ3v) is 5.40. The number of nitrogens with one attached hydrogen (secondary N) is 1. The minimum atomic E-state index is -0.631. The van der Waals surface area contributed by atoms with Crippen LogP contribution in [0.2, 0.25) is 10.0 Å². The highest BCUT2D eigenvalue weighted by Crippen LogP contribution is 2.45. The first-order valence-electron chi connectivity index (χ1n) is 8.25. The van der Waals surface area contributed by atoms with Crippen molar-refractivity contribution in [3.8, 4) is 5.88 Å². The van der Waals surface area contributed by atoms with Gasteiger partial charge in [0.05, 0.1) is 23.9 Å². The number of methoxy groups -OCH3 is 1. The molecule has 1 aromatic heterocycles. The predicted molar refractivity (Wildman–Crippen MR) is 101 cm³/mol. The molecular formula is C19H20Cl2N2O2. The SMILES string of the molecule is COc1ccc(NC(=O)C2(c3ccc(Cl)cc3Cl)CCCC2)c(C)n1. The van der Waals surface area contributed by atoms with Gasteiger partial charge in [-0.25, -0.2) is 4.98 Å². The summed E-state index contributed by atoms with van der Waals surface area (Å²) < 4.78 is 5.12. The monoisotopic (exact) mass is 378 g/mol. The molecule has 0 unspecified atom stereocenters. The van der Waals surface area contributed by atoms with E-state index in [9.17, 15) is 4.79 Å². The largest absolute Gasteiger partial charge is 0.481 e. The number of pyridine rings is 1. The summed E-state index contributed by atoms with van der Waals surface area (Å²) >= 11 is 12.4. The van der Waals surface area contributed by atoms with Crippen LogP contribution in [0, 0.1) is 6.92 Å². The van der Waals surface area contributed by atoms with Crippen molar-refractivity contribution in [1.82, 2.24) is 4.98 Å². The Hall–Kier alpha value is -1.78. The number of hydrogen-bond donors (Lipinski definition) is 1. The highest BCUT2D eigenvalue weighted by molar-refractivity contribution is 6.35. The molecule has 1 aliphatic rings. The summed E-state index contributed by atoms with van der Waals surface area (Å²) in [5.74, 6) is 0.469. The van der Waals surface area contributed by atoms with Gasteiger partial charge in [-0.3, -0.25) is 4.79 Å². The molecule has 0 aliphatic heterocycles. The molecule has 1 aliphatic carbocycles. The Kier molecular flexibility index (Phi) is 5.21. The molecule has 0 bridgehead atoms. The molecule has 1 N–H and O–H groups in total. The number of benzene rings is 1. The smallest absolute Gasteiger partial charge is 0.235 e. The lowest BCUT2D eigenvalue weighted by Gasteiger charge is -2.29. The van der Waals surface area contributed by atoms with Crippen LogP contribution in [-0.4, -0.2) is 18.0 Å². The van der Waals surface area contributed by atoms with Crippen LogP contribution < -0.4 is 10.1 Å². The molecular weight excluding hydrogens is 359 g/mol. The van der Waals surface area contributed by atoms with Crippen molar-refractivity contribution in [3.63, 3.8) is 0 Å². The maximum Gasteiger partial charge on any atom is 0.235 e. The summed E-state index contributed by atoms with van der Waals surface area (Å²) in [5.41, 5.74) is 1.60. The zero-order chi connectivity index (χ0) is 18.0. The topological polar surface area (TPSA) is 51.2 Å². The van der Waals surface area contributed by atoms with Crippen molar-refractivity contribution < 1.29 is 9.53 Å². The van der Waals surface area contributed by atoms with E-state index in [0.29, 0.717) is 27.3 Å². The van der Waals surface area contributed by atoms with Crippen molar-refractivity contribution in [1.29, 1.82) is 0 Å². The third kappa shape index (κ3) is 3.46. The van der Waals surface area contributed by atoms with E-state index >= 15 is 0 Å². The summed E-state index contributed by atoms with van der Waals surface area (Å²) in [6.45, 7) is 1.84. The number of halogens is 2. The molecule has 25 heavy (non-hydrogen) atoms. The molecule has 3 rings (SSSR count). The van der Waals surface area contributed by atoms with Crippen LogP contribution in [0.1, 0.15) is 36.9 Å². The van der Waals surface area contributed by atoms with Crippen LogP contribution >= 0.6 is 23.2 Å². The molecule has 1 aromatic carbocycles. The van der Waals surface area contributed by atoms with E-state index in [1.54, 1.807) is 25.3 Å². The summed E-state index contributed by atoms with van der Waals surface area (Å²) in [4.78, 5) is 17.5. The second kappa shape index (κ2) is 7.22. The van der Waals surface area contributed by atoms with Crippen LogP contribution in [0.4, 0.5) is 5.69 Å². The van der Waals surface area contributed by atoms with Crippen molar-refractivity contribution in [3.05, 3.63) is 51.6 Å². The van der Waals surface area contributed by atoms with Gasteiger partial charge in [0.2, 0.25) is 11.8 Å².